The van der Waals surface area contributed by atoms with E-state index < -0.39 is 0 Å². The highest BCUT2D eigenvalue weighted by Crippen LogP contribution is 2.37. The molecule has 4 nitrogen and oxygen atoms in total. The van der Waals surface area contributed by atoms with Crippen molar-refractivity contribution in [2.45, 2.75) is 25.6 Å². The molecule has 2 heterocycles. The molecule has 2 aromatic carbocycles. The standard InChI is InChI=1S/C23H25ClN2O2/c1-27-21-10-9-18(15-22(21)28-2)23-20-8-4-11-25(20)12-5-13-26(23)16-17-6-3-7-19(24)14-17/h3-4,6-11,14-15,23H,5,12-13,16H2,1-2H3/t23-/m1/s1. The highest BCUT2D eigenvalue weighted by atomic mass is 35.5. The summed E-state index contributed by atoms with van der Waals surface area (Å²) in [7, 11) is 3.35. The van der Waals surface area contributed by atoms with Crippen LogP contribution in [0.1, 0.15) is 29.3 Å². The van der Waals surface area contributed by atoms with Gasteiger partial charge in [-0.2, -0.15) is 0 Å². The Morgan fingerprint density at radius 3 is 2.61 bits per heavy atom. The van der Waals surface area contributed by atoms with Crippen molar-refractivity contribution in [3.63, 3.8) is 0 Å². The summed E-state index contributed by atoms with van der Waals surface area (Å²) in [5, 5.41) is 0.776. The van der Waals surface area contributed by atoms with Gasteiger partial charge in [0.2, 0.25) is 0 Å². The Balaban J connectivity index is 1.76. The molecule has 1 aromatic heterocycles. The van der Waals surface area contributed by atoms with Gasteiger partial charge in [-0.1, -0.05) is 29.8 Å². The molecule has 4 rings (SSSR count). The fraction of sp³-hybridized carbons (Fsp3) is 0.304. The lowest BCUT2D eigenvalue weighted by Gasteiger charge is -2.31. The molecule has 28 heavy (non-hydrogen) atoms. The molecule has 1 aliphatic heterocycles. The topological polar surface area (TPSA) is 26.6 Å². The van der Waals surface area contributed by atoms with E-state index in [2.05, 4.69) is 52.1 Å². The Morgan fingerprint density at radius 2 is 1.82 bits per heavy atom. The van der Waals surface area contributed by atoms with Crippen LogP contribution >= 0.6 is 11.6 Å². The summed E-state index contributed by atoms with van der Waals surface area (Å²) < 4.78 is 13.4. The maximum absolute atomic E-state index is 6.23. The van der Waals surface area contributed by atoms with Crippen LogP contribution in [0.5, 0.6) is 11.5 Å². The molecule has 0 radical (unpaired) electrons. The van der Waals surface area contributed by atoms with Crippen molar-refractivity contribution in [2.75, 3.05) is 20.8 Å². The van der Waals surface area contributed by atoms with Gasteiger partial charge in [0.15, 0.2) is 11.5 Å². The van der Waals surface area contributed by atoms with Crippen LogP contribution in [0.3, 0.4) is 0 Å². The molecular weight excluding hydrogens is 372 g/mol. The van der Waals surface area contributed by atoms with E-state index in [0.29, 0.717) is 0 Å². The lowest BCUT2D eigenvalue weighted by molar-refractivity contribution is 0.220. The minimum Gasteiger partial charge on any atom is -0.493 e. The van der Waals surface area contributed by atoms with Gasteiger partial charge in [-0.3, -0.25) is 4.90 Å². The number of ether oxygens (including phenoxy) is 2. The average Bonchev–Trinajstić information content (AvgIpc) is 3.09. The van der Waals surface area contributed by atoms with Crippen LogP contribution in [0, 0.1) is 0 Å². The molecule has 0 aliphatic carbocycles. The SMILES string of the molecule is COc1ccc([C@@H]2c3cccn3CCCN2Cc2cccc(Cl)c2)cc1OC. The second kappa shape index (κ2) is 8.29. The molecule has 5 heteroatoms. The molecule has 1 aliphatic rings. The molecule has 0 saturated carbocycles. The van der Waals surface area contributed by atoms with E-state index in [1.807, 2.05) is 18.2 Å². The molecule has 1 atom stereocenters. The number of methoxy groups -OCH3 is 2. The number of fused-ring (bicyclic) bond motifs is 1. The van der Waals surface area contributed by atoms with E-state index in [-0.39, 0.29) is 6.04 Å². The Hall–Kier alpha value is -2.43. The molecule has 0 unspecified atom stereocenters. The van der Waals surface area contributed by atoms with Gasteiger partial charge in [-0.25, -0.2) is 0 Å². The Kier molecular flexibility index (Phi) is 5.60. The van der Waals surface area contributed by atoms with E-state index in [1.54, 1.807) is 14.2 Å². The van der Waals surface area contributed by atoms with E-state index in [9.17, 15) is 0 Å². The second-order valence-electron chi connectivity index (χ2n) is 7.10. The van der Waals surface area contributed by atoms with Crippen LogP contribution in [-0.4, -0.2) is 30.2 Å². The van der Waals surface area contributed by atoms with Gasteiger partial charge in [0.1, 0.15) is 0 Å². The summed E-state index contributed by atoms with van der Waals surface area (Å²) in [6.07, 6.45) is 3.28. The Bertz CT molecular complexity index is 953. The summed E-state index contributed by atoms with van der Waals surface area (Å²) in [5.74, 6) is 1.50. The molecule has 0 bridgehead atoms. The summed E-state index contributed by atoms with van der Waals surface area (Å²) in [6, 6.07) is 18.8. The van der Waals surface area contributed by atoms with Crippen LogP contribution in [0.25, 0.3) is 0 Å². The molecule has 0 amide bonds. The quantitative estimate of drug-likeness (QED) is 0.596. The molecule has 0 saturated heterocycles. The van der Waals surface area contributed by atoms with E-state index in [1.165, 1.54) is 16.8 Å². The number of aryl methyl sites for hydroxylation is 1. The number of hydrogen-bond donors (Lipinski definition) is 0. The van der Waals surface area contributed by atoms with Crippen LogP contribution in [0.15, 0.2) is 60.8 Å². The minimum absolute atomic E-state index is 0.135. The normalized spacial score (nSPS) is 17.0. The maximum atomic E-state index is 6.23. The number of benzene rings is 2. The zero-order chi connectivity index (χ0) is 19.5. The van der Waals surface area contributed by atoms with Gasteiger partial charge in [0.05, 0.1) is 20.3 Å². The second-order valence-corrected chi connectivity index (χ2v) is 7.53. The van der Waals surface area contributed by atoms with Crippen molar-refractivity contribution in [3.05, 3.63) is 82.6 Å². The summed E-state index contributed by atoms with van der Waals surface area (Å²) in [6.45, 7) is 2.87. The number of hydrogen-bond acceptors (Lipinski definition) is 3. The third-order valence-corrected chi connectivity index (χ3v) is 5.59. The van der Waals surface area contributed by atoms with Gasteiger partial charge in [0, 0.05) is 36.5 Å². The largest absolute Gasteiger partial charge is 0.493 e. The fourth-order valence-electron chi connectivity index (χ4n) is 4.08. The van der Waals surface area contributed by atoms with Crippen molar-refractivity contribution in [1.82, 2.24) is 9.47 Å². The first kappa shape index (κ1) is 18.9. The predicted octanol–water partition coefficient (Wildman–Crippen LogP) is 5.15. The van der Waals surface area contributed by atoms with Crippen LogP contribution in [0.2, 0.25) is 5.02 Å². The number of nitrogens with zero attached hydrogens (tertiary/aromatic N) is 2. The van der Waals surface area contributed by atoms with Crippen molar-refractivity contribution in [1.29, 1.82) is 0 Å². The Labute approximate surface area is 171 Å². The molecule has 0 fully saturated rings. The van der Waals surface area contributed by atoms with Crippen LogP contribution in [0.4, 0.5) is 0 Å². The highest BCUT2D eigenvalue weighted by molar-refractivity contribution is 6.30. The summed E-state index contributed by atoms with van der Waals surface area (Å²) >= 11 is 6.23. The third-order valence-electron chi connectivity index (χ3n) is 5.35. The maximum Gasteiger partial charge on any atom is 0.161 e. The van der Waals surface area contributed by atoms with Gasteiger partial charge < -0.3 is 14.0 Å². The van der Waals surface area contributed by atoms with Gasteiger partial charge in [-0.15, -0.1) is 0 Å². The van der Waals surface area contributed by atoms with Gasteiger partial charge in [-0.05, 0) is 53.9 Å². The number of rotatable bonds is 5. The zero-order valence-corrected chi connectivity index (χ0v) is 17.0. The van der Waals surface area contributed by atoms with Crippen molar-refractivity contribution < 1.29 is 9.47 Å². The zero-order valence-electron chi connectivity index (χ0n) is 16.3. The molecule has 0 N–H and O–H groups in total. The first-order valence-corrected chi connectivity index (χ1v) is 9.93. The fourth-order valence-corrected chi connectivity index (χ4v) is 4.30. The molecular formula is C23H25ClN2O2. The van der Waals surface area contributed by atoms with Crippen LogP contribution in [-0.2, 0) is 13.1 Å². The third kappa shape index (κ3) is 3.75. The summed E-state index contributed by atoms with van der Waals surface area (Å²) in [4.78, 5) is 2.52. The lowest BCUT2D eigenvalue weighted by atomic mass is 10.0. The smallest absolute Gasteiger partial charge is 0.161 e. The Morgan fingerprint density at radius 1 is 0.964 bits per heavy atom. The first-order valence-electron chi connectivity index (χ1n) is 9.55. The monoisotopic (exact) mass is 396 g/mol. The molecule has 0 spiro atoms. The highest BCUT2D eigenvalue weighted by Gasteiger charge is 2.28. The lowest BCUT2D eigenvalue weighted by Crippen LogP contribution is -2.29. The molecule has 3 aromatic rings. The number of aromatic nitrogens is 1. The molecule has 146 valence electrons. The average molecular weight is 397 g/mol. The minimum atomic E-state index is 0.135. The first-order chi connectivity index (χ1) is 13.7. The van der Waals surface area contributed by atoms with Crippen molar-refractivity contribution in [2.24, 2.45) is 0 Å². The van der Waals surface area contributed by atoms with Crippen LogP contribution < -0.4 is 9.47 Å². The van der Waals surface area contributed by atoms with Crippen molar-refractivity contribution >= 4 is 11.6 Å². The predicted molar refractivity (Wildman–Crippen MR) is 112 cm³/mol. The van der Waals surface area contributed by atoms with Gasteiger partial charge >= 0.3 is 0 Å². The van der Waals surface area contributed by atoms with E-state index in [0.717, 1.165) is 42.6 Å². The summed E-state index contributed by atoms with van der Waals surface area (Å²) in [5.41, 5.74) is 3.71. The van der Waals surface area contributed by atoms with Gasteiger partial charge in [0.25, 0.3) is 0 Å². The number of halogens is 1. The van der Waals surface area contributed by atoms with Crippen molar-refractivity contribution in [3.8, 4) is 11.5 Å². The van der Waals surface area contributed by atoms with E-state index in [4.69, 9.17) is 21.1 Å². The van der Waals surface area contributed by atoms with E-state index >= 15 is 0 Å².